The number of nitrogens with zero attached hydrogens (tertiary/aromatic N) is 2. The highest BCUT2D eigenvalue weighted by Crippen LogP contribution is 2.32. The number of benzene rings is 1. The van der Waals surface area contributed by atoms with Gasteiger partial charge in [0, 0.05) is 35.3 Å². The first-order valence-electron chi connectivity index (χ1n) is 7.45. The molecule has 0 atom stereocenters. The van der Waals surface area contributed by atoms with Crippen molar-refractivity contribution in [1.82, 2.24) is 15.3 Å². The molecule has 0 aliphatic heterocycles. The predicted molar refractivity (Wildman–Crippen MR) is 101 cm³/mol. The number of hydrogen-bond acceptors (Lipinski definition) is 5. The van der Waals surface area contributed by atoms with Crippen LogP contribution in [0.15, 0.2) is 47.2 Å². The molecule has 1 aromatic carbocycles. The standard InChI is InChI=1S/C17H16BrClN4O/c18-13-2-1-3-14(15(13)19)23-17-16-12(4-5-21-17)8-11(10-22-16)9-20-6-7-24/h1-5,8,10,20,24H,6-7,9H2,(H,21,23). The van der Waals surface area contributed by atoms with Crippen molar-refractivity contribution >= 4 is 49.9 Å². The summed E-state index contributed by atoms with van der Waals surface area (Å²) >= 11 is 9.72. The van der Waals surface area contributed by atoms with E-state index < -0.39 is 0 Å². The molecule has 0 saturated carbocycles. The summed E-state index contributed by atoms with van der Waals surface area (Å²) in [6.45, 7) is 1.33. The Bertz CT molecular complexity index is 859. The number of anilines is 2. The zero-order chi connectivity index (χ0) is 16.9. The summed E-state index contributed by atoms with van der Waals surface area (Å²) in [6, 6.07) is 9.66. The van der Waals surface area contributed by atoms with Crippen molar-refractivity contribution in [3.8, 4) is 0 Å². The van der Waals surface area contributed by atoms with Crippen LogP contribution in [0, 0.1) is 0 Å². The fourth-order valence-electron chi connectivity index (χ4n) is 2.33. The average molecular weight is 408 g/mol. The number of halogens is 2. The Morgan fingerprint density at radius 1 is 1.21 bits per heavy atom. The molecule has 0 spiro atoms. The van der Waals surface area contributed by atoms with E-state index in [2.05, 4.69) is 42.6 Å². The van der Waals surface area contributed by atoms with Gasteiger partial charge in [0.25, 0.3) is 0 Å². The van der Waals surface area contributed by atoms with E-state index in [1.54, 1.807) is 6.20 Å². The number of aromatic nitrogens is 2. The molecule has 3 aromatic rings. The zero-order valence-electron chi connectivity index (χ0n) is 12.8. The van der Waals surface area contributed by atoms with Gasteiger partial charge in [-0.3, -0.25) is 4.98 Å². The molecular weight excluding hydrogens is 392 g/mol. The first kappa shape index (κ1) is 17.1. The lowest BCUT2D eigenvalue weighted by atomic mass is 10.2. The molecule has 7 heteroatoms. The summed E-state index contributed by atoms with van der Waals surface area (Å²) in [4.78, 5) is 8.91. The van der Waals surface area contributed by atoms with Crippen LogP contribution in [0.3, 0.4) is 0 Å². The van der Waals surface area contributed by atoms with Gasteiger partial charge >= 0.3 is 0 Å². The van der Waals surface area contributed by atoms with E-state index in [4.69, 9.17) is 16.7 Å². The Kier molecular flexibility index (Phi) is 5.63. The largest absolute Gasteiger partial charge is 0.395 e. The van der Waals surface area contributed by atoms with Gasteiger partial charge in [0.1, 0.15) is 5.52 Å². The quantitative estimate of drug-likeness (QED) is 0.541. The highest BCUT2D eigenvalue weighted by atomic mass is 79.9. The molecule has 2 heterocycles. The maximum atomic E-state index is 8.83. The smallest absolute Gasteiger partial charge is 0.156 e. The predicted octanol–water partition coefficient (Wildman–Crippen LogP) is 3.87. The molecule has 124 valence electrons. The Morgan fingerprint density at radius 3 is 2.92 bits per heavy atom. The van der Waals surface area contributed by atoms with Gasteiger partial charge < -0.3 is 15.7 Å². The molecule has 0 aliphatic rings. The van der Waals surface area contributed by atoms with E-state index >= 15 is 0 Å². The van der Waals surface area contributed by atoms with Crippen molar-refractivity contribution in [2.24, 2.45) is 0 Å². The summed E-state index contributed by atoms with van der Waals surface area (Å²) in [5.74, 6) is 0.655. The maximum absolute atomic E-state index is 8.83. The number of hydrogen-bond donors (Lipinski definition) is 3. The van der Waals surface area contributed by atoms with Crippen LogP contribution in [0.2, 0.25) is 5.02 Å². The summed E-state index contributed by atoms with van der Waals surface area (Å²) in [5, 5.41) is 16.8. The molecule has 2 aromatic heterocycles. The van der Waals surface area contributed by atoms with Gasteiger partial charge in [-0.25, -0.2) is 4.98 Å². The molecule has 0 fully saturated rings. The average Bonchev–Trinajstić information content (AvgIpc) is 2.59. The third kappa shape index (κ3) is 3.84. The summed E-state index contributed by atoms with van der Waals surface area (Å²) in [6.07, 6.45) is 3.55. The lowest BCUT2D eigenvalue weighted by Gasteiger charge is -2.11. The third-order valence-electron chi connectivity index (χ3n) is 3.48. The van der Waals surface area contributed by atoms with Crippen molar-refractivity contribution in [3.63, 3.8) is 0 Å². The normalized spacial score (nSPS) is 11.0. The Labute approximate surface area is 153 Å². The third-order valence-corrected chi connectivity index (χ3v) is 4.77. The lowest BCUT2D eigenvalue weighted by Crippen LogP contribution is -2.17. The second kappa shape index (κ2) is 7.90. The molecule has 3 N–H and O–H groups in total. The zero-order valence-corrected chi connectivity index (χ0v) is 15.1. The van der Waals surface area contributed by atoms with Crippen molar-refractivity contribution < 1.29 is 5.11 Å². The van der Waals surface area contributed by atoms with Crippen molar-refractivity contribution in [2.45, 2.75) is 6.54 Å². The van der Waals surface area contributed by atoms with Crippen molar-refractivity contribution in [3.05, 3.63) is 57.8 Å². The van der Waals surface area contributed by atoms with E-state index in [9.17, 15) is 0 Å². The Morgan fingerprint density at radius 2 is 2.08 bits per heavy atom. The first-order chi connectivity index (χ1) is 11.7. The monoisotopic (exact) mass is 406 g/mol. The second-order valence-corrected chi connectivity index (χ2v) is 6.43. The van der Waals surface area contributed by atoms with E-state index in [0.29, 0.717) is 23.9 Å². The lowest BCUT2D eigenvalue weighted by molar-refractivity contribution is 0.292. The van der Waals surface area contributed by atoms with E-state index in [1.165, 1.54) is 0 Å². The molecule has 0 radical (unpaired) electrons. The van der Waals surface area contributed by atoms with Gasteiger partial charge in [-0.05, 0) is 45.8 Å². The molecule has 5 nitrogen and oxygen atoms in total. The van der Waals surface area contributed by atoms with Crippen molar-refractivity contribution in [2.75, 3.05) is 18.5 Å². The van der Waals surface area contributed by atoms with Gasteiger partial charge in [-0.15, -0.1) is 0 Å². The minimum absolute atomic E-state index is 0.117. The van der Waals surface area contributed by atoms with Crippen LogP contribution in [0.25, 0.3) is 10.9 Å². The molecule has 24 heavy (non-hydrogen) atoms. The van der Waals surface area contributed by atoms with Crippen LogP contribution >= 0.6 is 27.5 Å². The van der Waals surface area contributed by atoms with Gasteiger partial charge in [0.15, 0.2) is 5.82 Å². The van der Waals surface area contributed by atoms with Gasteiger partial charge in [-0.2, -0.15) is 0 Å². The molecule has 0 saturated heterocycles. The second-order valence-electron chi connectivity index (χ2n) is 5.20. The number of nitrogens with one attached hydrogen (secondary N) is 2. The van der Waals surface area contributed by atoms with Crippen LogP contribution in [0.4, 0.5) is 11.5 Å². The number of rotatable bonds is 6. The maximum Gasteiger partial charge on any atom is 0.156 e. The molecule has 0 unspecified atom stereocenters. The minimum atomic E-state index is 0.117. The molecule has 0 bridgehead atoms. The van der Waals surface area contributed by atoms with Crippen molar-refractivity contribution in [1.29, 1.82) is 0 Å². The number of pyridine rings is 2. The van der Waals surface area contributed by atoms with E-state index in [0.717, 1.165) is 26.6 Å². The number of aliphatic hydroxyl groups excluding tert-OH is 1. The highest BCUT2D eigenvalue weighted by Gasteiger charge is 2.09. The number of aliphatic hydroxyl groups is 1. The summed E-state index contributed by atoms with van der Waals surface area (Å²) < 4.78 is 0.819. The van der Waals surface area contributed by atoms with E-state index in [1.807, 2.05) is 30.5 Å². The minimum Gasteiger partial charge on any atom is -0.395 e. The topological polar surface area (TPSA) is 70.1 Å². The Hall–Kier alpha value is -1.73. The summed E-state index contributed by atoms with van der Waals surface area (Å²) in [7, 11) is 0. The Balaban J connectivity index is 1.90. The number of fused-ring (bicyclic) bond motifs is 1. The SMILES string of the molecule is OCCNCc1cnc2c(Nc3cccc(Br)c3Cl)nccc2c1. The van der Waals surface area contributed by atoms with E-state index in [-0.39, 0.29) is 6.61 Å². The van der Waals surface area contributed by atoms with Gasteiger partial charge in [0.05, 0.1) is 17.3 Å². The van der Waals surface area contributed by atoms with Gasteiger partial charge in [-0.1, -0.05) is 17.7 Å². The van der Waals surface area contributed by atoms with Crippen LogP contribution in [0.5, 0.6) is 0 Å². The molecular formula is C17H16BrClN4O. The van der Waals surface area contributed by atoms with Crippen LogP contribution in [0.1, 0.15) is 5.56 Å². The highest BCUT2D eigenvalue weighted by molar-refractivity contribution is 9.10. The fraction of sp³-hybridized carbons (Fsp3) is 0.176. The molecule has 0 amide bonds. The summed E-state index contributed by atoms with van der Waals surface area (Å²) in [5.41, 5.74) is 2.59. The molecule has 3 rings (SSSR count). The fourth-order valence-corrected chi connectivity index (χ4v) is 2.87. The van der Waals surface area contributed by atoms with Crippen LogP contribution in [-0.4, -0.2) is 28.2 Å². The van der Waals surface area contributed by atoms with Crippen LogP contribution < -0.4 is 10.6 Å². The van der Waals surface area contributed by atoms with Gasteiger partial charge in [0.2, 0.25) is 0 Å². The first-order valence-corrected chi connectivity index (χ1v) is 8.62. The molecule has 0 aliphatic carbocycles. The van der Waals surface area contributed by atoms with Crippen LogP contribution in [-0.2, 0) is 6.54 Å².